The molecule has 0 unspecified atom stereocenters. The van der Waals surface area contributed by atoms with Gasteiger partial charge in [-0.25, -0.2) is 13.1 Å². The van der Waals surface area contributed by atoms with Gasteiger partial charge in [0.2, 0.25) is 22.7 Å². The highest BCUT2D eigenvalue weighted by molar-refractivity contribution is 7.89. The largest absolute Gasteiger partial charge is 0.454 e. The highest BCUT2D eigenvalue weighted by Crippen LogP contribution is 2.33. The summed E-state index contributed by atoms with van der Waals surface area (Å²) in [6.45, 7) is 4.36. The Bertz CT molecular complexity index is 943. The van der Waals surface area contributed by atoms with Crippen molar-refractivity contribution in [2.24, 2.45) is 0 Å². The minimum atomic E-state index is -3.71. The molecule has 0 saturated carbocycles. The second-order valence-corrected chi connectivity index (χ2v) is 8.05. The van der Waals surface area contributed by atoms with Crippen LogP contribution >= 0.6 is 0 Å². The summed E-state index contributed by atoms with van der Waals surface area (Å²) in [5.41, 5.74) is 2.12. The molecule has 0 bridgehead atoms. The van der Waals surface area contributed by atoms with Crippen LogP contribution in [-0.2, 0) is 21.4 Å². The van der Waals surface area contributed by atoms with Crippen molar-refractivity contribution in [3.63, 3.8) is 0 Å². The zero-order chi connectivity index (χ0) is 19.4. The summed E-state index contributed by atoms with van der Waals surface area (Å²) in [4.78, 5) is 13.6. The summed E-state index contributed by atoms with van der Waals surface area (Å²) in [5.74, 6) is 0.818. The van der Waals surface area contributed by atoms with Gasteiger partial charge in [0.05, 0.1) is 4.90 Å². The first-order valence-corrected chi connectivity index (χ1v) is 10.0. The van der Waals surface area contributed by atoms with E-state index >= 15 is 0 Å². The van der Waals surface area contributed by atoms with Crippen molar-refractivity contribution in [2.45, 2.75) is 25.3 Å². The molecule has 0 aromatic heterocycles. The highest BCUT2D eigenvalue weighted by Gasteiger charge is 2.20. The average Bonchev–Trinajstić information content (AvgIpc) is 3.10. The molecule has 0 radical (unpaired) electrons. The van der Waals surface area contributed by atoms with Crippen LogP contribution in [0.2, 0.25) is 0 Å². The van der Waals surface area contributed by atoms with Crippen LogP contribution in [0, 0.1) is 6.92 Å². The molecule has 3 rings (SSSR count). The number of carbonyl (C=O) groups excluding carboxylic acids is 1. The first kappa shape index (κ1) is 19.2. The van der Waals surface area contributed by atoms with Crippen LogP contribution in [0.4, 0.5) is 0 Å². The molecule has 0 fully saturated rings. The quantitative estimate of drug-likeness (QED) is 0.782. The van der Waals surface area contributed by atoms with E-state index in [0.29, 0.717) is 18.0 Å². The summed E-state index contributed by atoms with van der Waals surface area (Å²) in [6, 6.07) is 12.3. The molecule has 2 aromatic carbocycles. The molecule has 0 saturated heterocycles. The third-order valence-corrected chi connectivity index (χ3v) is 5.85. The van der Waals surface area contributed by atoms with Crippen LogP contribution in [-0.4, -0.2) is 39.1 Å². The molecule has 1 amide bonds. The van der Waals surface area contributed by atoms with Gasteiger partial charge in [0.1, 0.15) is 0 Å². The Labute approximate surface area is 158 Å². The first-order valence-electron chi connectivity index (χ1n) is 8.56. The third kappa shape index (κ3) is 4.58. The zero-order valence-electron chi connectivity index (χ0n) is 15.3. The van der Waals surface area contributed by atoms with Crippen LogP contribution in [0.1, 0.15) is 18.1 Å². The molecule has 8 heteroatoms. The standard InChI is InChI=1S/C19H22N2O5S/c1-14-5-3-4-6-16(14)12-21(15(2)22)10-9-20-27(23,24)17-7-8-18-19(11-17)26-13-25-18/h3-8,11,20H,9-10,12-13H2,1-2H3. The Morgan fingerprint density at radius 2 is 1.89 bits per heavy atom. The lowest BCUT2D eigenvalue weighted by atomic mass is 10.1. The Hall–Kier alpha value is -2.58. The second-order valence-electron chi connectivity index (χ2n) is 6.28. The van der Waals surface area contributed by atoms with Crippen molar-refractivity contribution >= 4 is 15.9 Å². The number of sulfonamides is 1. The van der Waals surface area contributed by atoms with E-state index in [1.807, 2.05) is 31.2 Å². The van der Waals surface area contributed by atoms with Gasteiger partial charge in [0.15, 0.2) is 11.5 Å². The number of carbonyl (C=O) groups is 1. The summed E-state index contributed by atoms with van der Waals surface area (Å²) in [6.07, 6.45) is 0. The third-order valence-electron chi connectivity index (χ3n) is 4.40. The van der Waals surface area contributed by atoms with Crippen molar-refractivity contribution in [1.29, 1.82) is 0 Å². The Kier molecular flexibility index (Phi) is 5.67. The van der Waals surface area contributed by atoms with Gasteiger partial charge in [-0.15, -0.1) is 0 Å². The number of fused-ring (bicyclic) bond motifs is 1. The van der Waals surface area contributed by atoms with Crippen molar-refractivity contribution < 1.29 is 22.7 Å². The fourth-order valence-corrected chi connectivity index (χ4v) is 3.82. The van der Waals surface area contributed by atoms with E-state index in [1.54, 1.807) is 11.0 Å². The van der Waals surface area contributed by atoms with Crippen LogP contribution < -0.4 is 14.2 Å². The monoisotopic (exact) mass is 390 g/mol. The van der Waals surface area contributed by atoms with Crippen LogP contribution in [0.3, 0.4) is 0 Å². The van der Waals surface area contributed by atoms with Gasteiger partial charge in [0, 0.05) is 32.6 Å². The maximum Gasteiger partial charge on any atom is 0.240 e. The Morgan fingerprint density at radius 3 is 2.63 bits per heavy atom. The number of rotatable bonds is 7. The minimum Gasteiger partial charge on any atom is -0.454 e. The number of nitrogens with zero attached hydrogens (tertiary/aromatic N) is 1. The van der Waals surface area contributed by atoms with Crippen LogP contribution in [0.25, 0.3) is 0 Å². The lowest BCUT2D eigenvalue weighted by molar-refractivity contribution is -0.129. The predicted octanol–water partition coefficient (Wildman–Crippen LogP) is 2.05. The van der Waals surface area contributed by atoms with E-state index in [-0.39, 0.29) is 30.7 Å². The highest BCUT2D eigenvalue weighted by atomic mass is 32.2. The molecular weight excluding hydrogens is 368 g/mol. The number of amides is 1. The SMILES string of the molecule is CC(=O)N(CCNS(=O)(=O)c1ccc2c(c1)OCO2)Cc1ccccc1C. The molecule has 144 valence electrons. The molecular formula is C19H22N2O5S. The van der Waals surface area contributed by atoms with E-state index in [2.05, 4.69) is 4.72 Å². The summed E-state index contributed by atoms with van der Waals surface area (Å²) in [7, 11) is -3.71. The van der Waals surface area contributed by atoms with Crippen molar-refractivity contribution in [2.75, 3.05) is 19.9 Å². The van der Waals surface area contributed by atoms with Crippen molar-refractivity contribution in [3.8, 4) is 11.5 Å². The average molecular weight is 390 g/mol. The molecule has 1 aliphatic heterocycles. The molecule has 1 N–H and O–H groups in total. The lowest BCUT2D eigenvalue weighted by Gasteiger charge is -2.22. The Balaban J connectivity index is 1.62. The second kappa shape index (κ2) is 7.98. The Morgan fingerprint density at radius 1 is 1.15 bits per heavy atom. The van der Waals surface area contributed by atoms with E-state index < -0.39 is 10.0 Å². The van der Waals surface area contributed by atoms with Crippen molar-refractivity contribution in [1.82, 2.24) is 9.62 Å². The number of hydrogen-bond donors (Lipinski definition) is 1. The number of ether oxygens (including phenoxy) is 2. The summed E-state index contributed by atoms with van der Waals surface area (Å²) >= 11 is 0. The molecule has 27 heavy (non-hydrogen) atoms. The topological polar surface area (TPSA) is 84.9 Å². The van der Waals surface area contributed by atoms with E-state index in [9.17, 15) is 13.2 Å². The lowest BCUT2D eigenvalue weighted by Crippen LogP contribution is -2.37. The van der Waals surface area contributed by atoms with E-state index in [1.165, 1.54) is 19.1 Å². The number of aryl methyl sites for hydroxylation is 1. The van der Waals surface area contributed by atoms with Gasteiger partial charge < -0.3 is 14.4 Å². The van der Waals surface area contributed by atoms with Gasteiger partial charge >= 0.3 is 0 Å². The normalized spacial score (nSPS) is 12.8. The molecule has 1 heterocycles. The molecule has 0 aliphatic carbocycles. The first-order chi connectivity index (χ1) is 12.9. The number of nitrogens with one attached hydrogen (secondary N) is 1. The molecule has 1 aliphatic rings. The fraction of sp³-hybridized carbons (Fsp3) is 0.316. The summed E-state index contributed by atoms with van der Waals surface area (Å²) < 4.78 is 37.9. The van der Waals surface area contributed by atoms with Gasteiger partial charge in [-0.3, -0.25) is 4.79 Å². The van der Waals surface area contributed by atoms with E-state index in [4.69, 9.17) is 9.47 Å². The summed E-state index contributed by atoms with van der Waals surface area (Å²) in [5, 5.41) is 0. The van der Waals surface area contributed by atoms with E-state index in [0.717, 1.165) is 11.1 Å². The van der Waals surface area contributed by atoms with Gasteiger partial charge in [-0.05, 0) is 30.2 Å². The fourth-order valence-electron chi connectivity index (χ4n) is 2.78. The van der Waals surface area contributed by atoms with Gasteiger partial charge in [-0.2, -0.15) is 0 Å². The predicted molar refractivity (Wildman–Crippen MR) is 100 cm³/mol. The maximum absolute atomic E-state index is 12.5. The van der Waals surface area contributed by atoms with Crippen LogP contribution in [0.5, 0.6) is 11.5 Å². The van der Waals surface area contributed by atoms with Gasteiger partial charge in [-0.1, -0.05) is 24.3 Å². The molecule has 2 aromatic rings. The number of benzene rings is 2. The van der Waals surface area contributed by atoms with Crippen LogP contribution in [0.15, 0.2) is 47.4 Å². The minimum absolute atomic E-state index is 0.0821. The van der Waals surface area contributed by atoms with Gasteiger partial charge in [0.25, 0.3) is 0 Å². The zero-order valence-corrected chi connectivity index (χ0v) is 16.1. The molecule has 7 nitrogen and oxygen atoms in total. The maximum atomic E-state index is 12.5. The smallest absolute Gasteiger partial charge is 0.240 e. The molecule has 0 spiro atoms. The number of hydrogen-bond acceptors (Lipinski definition) is 5. The van der Waals surface area contributed by atoms with Crippen molar-refractivity contribution in [3.05, 3.63) is 53.6 Å². The molecule has 0 atom stereocenters.